The highest BCUT2D eigenvalue weighted by molar-refractivity contribution is 7.88. The lowest BCUT2D eigenvalue weighted by atomic mass is 10.1. The SMILES string of the molecule is C[C@H]1OCCN[C@@H]1C(=O)Nc1ccc(CS(N)(=O)=O)cc1. The normalized spacial score (nSPS) is 22.8. The maximum atomic E-state index is 12.1. The van der Waals surface area contributed by atoms with E-state index in [0.29, 0.717) is 24.4 Å². The van der Waals surface area contributed by atoms with E-state index in [2.05, 4.69) is 10.6 Å². The zero-order chi connectivity index (χ0) is 15.5. The van der Waals surface area contributed by atoms with Crippen molar-refractivity contribution in [3.63, 3.8) is 0 Å². The minimum absolute atomic E-state index is 0.179. The number of carbonyl (C=O) groups is 1. The van der Waals surface area contributed by atoms with Gasteiger partial charge in [0.25, 0.3) is 0 Å². The zero-order valence-electron chi connectivity index (χ0n) is 11.7. The predicted octanol–water partition coefficient (Wildman–Crippen LogP) is -0.209. The standard InChI is InChI=1S/C13H19N3O4S/c1-9-12(15-6-7-20-9)13(17)16-11-4-2-10(3-5-11)8-21(14,18)19/h2-5,9,12,15H,6-8H2,1H3,(H,16,17)(H2,14,18,19)/t9-,12+/m1/s1. The Balaban J connectivity index is 1.98. The number of benzene rings is 1. The molecule has 0 radical (unpaired) electrons. The Morgan fingerprint density at radius 3 is 2.67 bits per heavy atom. The number of amides is 1. The van der Waals surface area contributed by atoms with Gasteiger partial charge >= 0.3 is 0 Å². The van der Waals surface area contributed by atoms with Gasteiger partial charge in [-0.1, -0.05) is 12.1 Å². The lowest BCUT2D eigenvalue weighted by Gasteiger charge is -2.29. The molecule has 7 nitrogen and oxygen atoms in total. The monoisotopic (exact) mass is 313 g/mol. The van der Waals surface area contributed by atoms with Crippen LogP contribution in [0.25, 0.3) is 0 Å². The molecule has 1 amide bonds. The van der Waals surface area contributed by atoms with Gasteiger partial charge in [-0.15, -0.1) is 0 Å². The van der Waals surface area contributed by atoms with Gasteiger partial charge < -0.3 is 15.4 Å². The molecule has 1 aliphatic rings. The fourth-order valence-corrected chi connectivity index (χ4v) is 2.82. The topological polar surface area (TPSA) is 111 Å². The molecule has 0 bridgehead atoms. The summed E-state index contributed by atoms with van der Waals surface area (Å²) >= 11 is 0. The van der Waals surface area contributed by atoms with Crippen LogP contribution in [-0.4, -0.2) is 39.6 Å². The van der Waals surface area contributed by atoms with Crippen LogP contribution in [0.4, 0.5) is 5.69 Å². The lowest BCUT2D eigenvalue weighted by Crippen LogP contribution is -2.53. The van der Waals surface area contributed by atoms with Crippen LogP contribution in [0.15, 0.2) is 24.3 Å². The number of ether oxygens (including phenoxy) is 1. The number of hydrogen-bond donors (Lipinski definition) is 3. The van der Waals surface area contributed by atoms with Gasteiger partial charge in [0.1, 0.15) is 6.04 Å². The Hall–Kier alpha value is -1.48. The molecule has 1 aromatic carbocycles. The predicted molar refractivity (Wildman–Crippen MR) is 79.1 cm³/mol. The third kappa shape index (κ3) is 4.78. The van der Waals surface area contributed by atoms with E-state index in [1.54, 1.807) is 24.3 Å². The second-order valence-electron chi connectivity index (χ2n) is 5.00. The summed E-state index contributed by atoms with van der Waals surface area (Å²) in [6.07, 6.45) is -0.194. The minimum Gasteiger partial charge on any atom is -0.375 e. The molecule has 8 heteroatoms. The van der Waals surface area contributed by atoms with Crippen molar-refractivity contribution in [1.82, 2.24) is 5.32 Å². The van der Waals surface area contributed by atoms with Crippen LogP contribution in [0.1, 0.15) is 12.5 Å². The van der Waals surface area contributed by atoms with Gasteiger partial charge in [0.2, 0.25) is 15.9 Å². The van der Waals surface area contributed by atoms with Crippen molar-refractivity contribution >= 4 is 21.6 Å². The molecule has 0 aliphatic carbocycles. The first-order valence-electron chi connectivity index (χ1n) is 6.60. The fourth-order valence-electron chi connectivity index (χ4n) is 2.16. The molecule has 0 saturated carbocycles. The molecule has 1 fully saturated rings. The first kappa shape index (κ1) is 15.9. The number of sulfonamides is 1. The first-order chi connectivity index (χ1) is 9.85. The summed E-state index contributed by atoms with van der Waals surface area (Å²) < 4.78 is 27.4. The Labute approximate surface area is 123 Å². The third-order valence-corrected chi connectivity index (χ3v) is 3.92. The molecule has 2 rings (SSSR count). The van der Waals surface area contributed by atoms with E-state index in [-0.39, 0.29) is 17.8 Å². The smallest absolute Gasteiger partial charge is 0.244 e. The van der Waals surface area contributed by atoms with Crippen LogP contribution in [0, 0.1) is 0 Å². The van der Waals surface area contributed by atoms with Crippen molar-refractivity contribution < 1.29 is 17.9 Å². The Morgan fingerprint density at radius 1 is 1.43 bits per heavy atom. The van der Waals surface area contributed by atoms with Gasteiger partial charge in [-0.25, -0.2) is 13.6 Å². The molecule has 21 heavy (non-hydrogen) atoms. The van der Waals surface area contributed by atoms with E-state index in [4.69, 9.17) is 9.88 Å². The molecular weight excluding hydrogens is 294 g/mol. The van der Waals surface area contributed by atoms with E-state index in [0.717, 1.165) is 0 Å². The van der Waals surface area contributed by atoms with Crippen molar-refractivity contribution in [3.05, 3.63) is 29.8 Å². The van der Waals surface area contributed by atoms with Crippen molar-refractivity contribution in [3.8, 4) is 0 Å². The highest BCUT2D eigenvalue weighted by atomic mass is 32.2. The first-order valence-corrected chi connectivity index (χ1v) is 8.32. The fraction of sp³-hybridized carbons (Fsp3) is 0.462. The third-order valence-electron chi connectivity index (χ3n) is 3.19. The molecule has 1 aromatic rings. The van der Waals surface area contributed by atoms with E-state index < -0.39 is 16.1 Å². The van der Waals surface area contributed by atoms with Gasteiger partial charge in [0.15, 0.2) is 0 Å². The van der Waals surface area contributed by atoms with Crippen LogP contribution in [0.2, 0.25) is 0 Å². The number of anilines is 1. The summed E-state index contributed by atoms with van der Waals surface area (Å²) in [5.74, 6) is -0.405. The van der Waals surface area contributed by atoms with Crippen LogP contribution in [0.5, 0.6) is 0 Å². The number of rotatable bonds is 4. The van der Waals surface area contributed by atoms with Gasteiger partial charge in [0.05, 0.1) is 18.5 Å². The van der Waals surface area contributed by atoms with E-state index >= 15 is 0 Å². The molecule has 1 aliphatic heterocycles. The van der Waals surface area contributed by atoms with Crippen LogP contribution >= 0.6 is 0 Å². The van der Waals surface area contributed by atoms with Crippen molar-refractivity contribution in [1.29, 1.82) is 0 Å². The molecule has 116 valence electrons. The van der Waals surface area contributed by atoms with Crippen molar-refractivity contribution in [2.24, 2.45) is 5.14 Å². The van der Waals surface area contributed by atoms with Crippen LogP contribution in [0.3, 0.4) is 0 Å². The summed E-state index contributed by atoms with van der Waals surface area (Å²) in [7, 11) is -3.55. The molecule has 4 N–H and O–H groups in total. The van der Waals surface area contributed by atoms with Gasteiger partial charge in [0, 0.05) is 12.2 Å². The quantitative estimate of drug-likeness (QED) is 0.712. The average molecular weight is 313 g/mol. The molecule has 0 spiro atoms. The molecule has 0 unspecified atom stereocenters. The number of carbonyl (C=O) groups excluding carboxylic acids is 1. The van der Waals surface area contributed by atoms with Gasteiger partial charge in [-0.05, 0) is 24.6 Å². The highest BCUT2D eigenvalue weighted by Crippen LogP contribution is 2.13. The number of hydrogen-bond acceptors (Lipinski definition) is 5. The summed E-state index contributed by atoms with van der Waals surface area (Å²) in [6, 6.07) is 6.13. The van der Waals surface area contributed by atoms with E-state index in [9.17, 15) is 13.2 Å². The van der Waals surface area contributed by atoms with E-state index in [1.807, 2.05) is 6.92 Å². The average Bonchev–Trinajstić information content (AvgIpc) is 2.40. The maximum Gasteiger partial charge on any atom is 0.244 e. The number of morpholine rings is 1. The zero-order valence-corrected chi connectivity index (χ0v) is 12.5. The van der Waals surface area contributed by atoms with Crippen molar-refractivity contribution in [2.75, 3.05) is 18.5 Å². The van der Waals surface area contributed by atoms with Crippen LogP contribution < -0.4 is 15.8 Å². The second-order valence-corrected chi connectivity index (χ2v) is 6.62. The number of primary sulfonamides is 1. The molecule has 0 aromatic heterocycles. The summed E-state index contributed by atoms with van der Waals surface area (Å²) in [5, 5.41) is 10.8. The Morgan fingerprint density at radius 2 is 2.10 bits per heavy atom. The summed E-state index contributed by atoms with van der Waals surface area (Å²) in [6.45, 7) is 3.06. The maximum absolute atomic E-state index is 12.1. The van der Waals surface area contributed by atoms with Crippen LogP contribution in [-0.2, 0) is 25.3 Å². The molecular formula is C13H19N3O4S. The van der Waals surface area contributed by atoms with Gasteiger partial charge in [-0.3, -0.25) is 4.79 Å². The molecule has 1 saturated heterocycles. The number of nitrogens with one attached hydrogen (secondary N) is 2. The molecule has 1 heterocycles. The molecule has 2 atom stereocenters. The lowest BCUT2D eigenvalue weighted by molar-refractivity contribution is -0.123. The Kier molecular flexibility index (Phi) is 4.94. The summed E-state index contributed by atoms with van der Waals surface area (Å²) in [5.41, 5.74) is 1.17. The van der Waals surface area contributed by atoms with Crippen molar-refractivity contribution in [2.45, 2.75) is 24.8 Å². The van der Waals surface area contributed by atoms with Gasteiger partial charge in [-0.2, -0.15) is 0 Å². The second kappa shape index (κ2) is 6.52. The summed E-state index contributed by atoms with van der Waals surface area (Å²) in [4.78, 5) is 12.1. The largest absolute Gasteiger partial charge is 0.375 e. The highest BCUT2D eigenvalue weighted by Gasteiger charge is 2.28. The minimum atomic E-state index is -3.55. The number of nitrogens with two attached hydrogens (primary N) is 1. The Bertz CT molecular complexity index is 600. The van der Waals surface area contributed by atoms with E-state index in [1.165, 1.54) is 0 Å².